The van der Waals surface area contributed by atoms with Gasteiger partial charge in [-0.1, -0.05) is 6.07 Å². The van der Waals surface area contributed by atoms with Crippen molar-refractivity contribution in [3.8, 4) is 5.75 Å². The molecule has 1 aromatic rings. The van der Waals surface area contributed by atoms with Crippen molar-refractivity contribution < 1.29 is 19.1 Å². The van der Waals surface area contributed by atoms with Gasteiger partial charge < -0.3 is 9.47 Å². The van der Waals surface area contributed by atoms with Gasteiger partial charge in [-0.05, 0) is 64.8 Å². The third-order valence-electron chi connectivity index (χ3n) is 4.28. The molecule has 5 heteroatoms. The standard InChI is InChI=1S/C21H27NO4/c1-20(2,3)25-13-7-8-14-15(11-13)16(12-17(14)26-21(4,5)6)22-18(23)9-10-19(22)24/h7-11,16-17H,12H2,1-6H3/t16-,17-/m0/s1. The van der Waals surface area contributed by atoms with Gasteiger partial charge in [-0.2, -0.15) is 0 Å². The van der Waals surface area contributed by atoms with Crippen LogP contribution in [0.3, 0.4) is 0 Å². The van der Waals surface area contributed by atoms with Crippen LogP contribution < -0.4 is 4.74 Å². The quantitative estimate of drug-likeness (QED) is 0.765. The van der Waals surface area contributed by atoms with Gasteiger partial charge in [0, 0.05) is 18.6 Å². The number of carbonyl (C=O) groups is 2. The van der Waals surface area contributed by atoms with Crippen molar-refractivity contribution in [2.75, 3.05) is 0 Å². The molecule has 0 spiro atoms. The SMILES string of the molecule is CC(C)(C)Oc1ccc2c(c1)[C@@H](N1C(=O)C=CC1=O)C[C@@H]2OC(C)(C)C. The molecule has 2 atom stereocenters. The fourth-order valence-electron chi connectivity index (χ4n) is 3.51. The molecule has 140 valence electrons. The number of hydrogen-bond donors (Lipinski definition) is 0. The summed E-state index contributed by atoms with van der Waals surface area (Å²) in [6, 6.07) is 5.52. The van der Waals surface area contributed by atoms with Crippen molar-refractivity contribution >= 4 is 11.8 Å². The Balaban J connectivity index is 1.99. The van der Waals surface area contributed by atoms with E-state index < -0.39 is 0 Å². The lowest BCUT2D eigenvalue weighted by atomic mass is 10.1. The van der Waals surface area contributed by atoms with E-state index in [1.807, 2.05) is 59.7 Å². The largest absolute Gasteiger partial charge is 0.488 e. The Morgan fingerprint density at radius 3 is 2.08 bits per heavy atom. The predicted octanol–water partition coefficient (Wildman–Crippen LogP) is 4.09. The van der Waals surface area contributed by atoms with E-state index in [0.717, 1.165) is 16.9 Å². The number of amides is 2. The van der Waals surface area contributed by atoms with E-state index in [1.165, 1.54) is 17.1 Å². The minimum absolute atomic E-state index is 0.167. The first-order valence-corrected chi connectivity index (χ1v) is 9.00. The van der Waals surface area contributed by atoms with E-state index in [4.69, 9.17) is 9.47 Å². The van der Waals surface area contributed by atoms with Crippen molar-refractivity contribution in [3.05, 3.63) is 41.5 Å². The molecule has 2 aliphatic rings. The fourth-order valence-corrected chi connectivity index (χ4v) is 3.51. The molecule has 1 aliphatic heterocycles. The number of fused-ring (bicyclic) bond motifs is 1. The van der Waals surface area contributed by atoms with Crippen LogP contribution >= 0.6 is 0 Å². The molecule has 3 rings (SSSR count). The van der Waals surface area contributed by atoms with Crippen molar-refractivity contribution in [1.29, 1.82) is 0 Å². The molecule has 0 fully saturated rings. The predicted molar refractivity (Wildman–Crippen MR) is 98.8 cm³/mol. The second-order valence-corrected chi connectivity index (χ2v) is 8.86. The van der Waals surface area contributed by atoms with E-state index in [9.17, 15) is 9.59 Å². The molecule has 0 N–H and O–H groups in total. The van der Waals surface area contributed by atoms with E-state index >= 15 is 0 Å². The van der Waals surface area contributed by atoms with Gasteiger partial charge in [-0.3, -0.25) is 14.5 Å². The first-order chi connectivity index (χ1) is 11.9. The van der Waals surface area contributed by atoms with Gasteiger partial charge >= 0.3 is 0 Å². The van der Waals surface area contributed by atoms with E-state index in [1.54, 1.807) is 0 Å². The topological polar surface area (TPSA) is 55.8 Å². The number of hydrogen-bond acceptors (Lipinski definition) is 4. The van der Waals surface area contributed by atoms with Crippen LogP contribution in [0.2, 0.25) is 0 Å². The van der Waals surface area contributed by atoms with Crippen LogP contribution in [0.1, 0.15) is 71.2 Å². The van der Waals surface area contributed by atoms with Crippen LogP contribution in [0, 0.1) is 0 Å². The fraction of sp³-hybridized carbons (Fsp3) is 0.524. The first-order valence-electron chi connectivity index (χ1n) is 9.00. The Bertz CT molecular complexity index is 749. The highest BCUT2D eigenvalue weighted by Crippen LogP contribution is 2.47. The summed E-state index contributed by atoms with van der Waals surface area (Å²) in [6.45, 7) is 12.0. The first kappa shape index (κ1) is 18.6. The Morgan fingerprint density at radius 2 is 1.54 bits per heavy atom. The molecule has 0 bridgehead atoms. The zero-order valence-corrected chi connectivity index (χ0v) is 16.3. The van der Waals surface area contributed by atoms with Gasteiger partial charge in [0.15, 0.2) is 0 Å². The Labute approximate surface area is 155 Å². The lowest BCUT2D eigenvalue weighted by Gasteiger charge is -2.26. The molecule has 0 unspecified atom stereocenters. The van der Waals surface area contributed by atoms with Crippen molar-refractivity contribution in [3.63, 3.8) is 0 Å². The summed E-state index contributed by atoms with van der Waals surface area (Å²) in [7, 11) is 0. The molecule has 2 amide bonds. The second kappa shape index (κ2) is 6.23. The molecular weight excluding hydrogens is 330 g/mol. The maximum atomic E-state index is 12.2. The molecule has 1 aliphatic carbocycles. The molecule has 1 aromatic carbocycles. The van der Waals surface area contributed by atoms with Crippen molar-refractivity contribution in [2.45, 2.75) is 71.3 Å². The third kappa shape index (κ3) is 3.83. The van der Waals surface area contributed by atoms with Crippen LogP contribution in [-0.4, -0.2) is 27.9 Å². The molecular formula is C21H27NO4. The minimum atomic E-state index is -0.337. The summed E-state index contributed by atoms with van der Waals surface area (Å²) in [4.78, 5) is 25.8. The van der Waals surface area contributed by atoms with Gasteiger partial charge in [-0.15, -0.1) is 0 Å². The number of nitrogens with zero attached hydrogens (tertiary/aromatic N) is 1. The molecule has 5 nitrogen and oxygen atoms in total. The highest BCUT2D eigenvalue weighted by Gasteiger charge is 2.42. The molecule has 26 heavy (non-hydrogen) atoms. The summed E-state index contributed by atoms with van der Waals surface area (Å²) in [5, 5.41) is 0. The molecule has 0 aromatic heterocycles. The summed E-state index contributed by atoms with van der Waals surface area (Å²) in [5.74, 6) is 0.179. The van der Waals surface area contributed by atoms with E-state index in [-0.39, 0.29) is 35.2 Å². The smallest absolute Gasteiger partial charge is 0.254 e. The zero-order chi connectivity index (χ0) is 19.3. The lowest BCUT2D eigenvalue weighted by Crippen LogP contribution is -2.33. The van der Waals surface area contributed by atoms with Crippen LogP contribution in [0.4, 0.5) is 0 Å². The monoisotopic (exact) mass is 357 g/mol. The molecule has 1 heterocycles. The van der Waals surface area contributed by atoms with Crippen LogP contribution in [0.25, 0.3) is 0 Å². The average Bonchev–Trinajstić information content (AvgIpc) is 2.96. The van der Waals surface area contributed by atoms with Crippen molar-refractivity contribution in [1.82, 2.24) is 4.90 Å². The molecule has 0 saturated carbocycles. The Morgan fingerprint density at radius 1 is 0.923 bits per heavy atom. The Hall–Kier alpha value is -2.14. The summed E-state index contributed by atoms with van der Waals surface area (Å²) >= 11 is 0. The summed E-state index contributed by atoms with van der Waals surface area (Å²) < 4.78 is 12.2. The highest BCUT2D eigenvalue weighted by molar-refractivity contribution is 6.13. The van der Waals surface area contributed by atoms with Crippen LogP contribution in [0.15, 0.2) is 30.4 Å². The summed E-state index contributed by atoms with van der Waals surface area (Å²) in [6.07, 6.45) is 3.05. The van der Waals surface area contributed by atoms with Gasteiger partial charge in [-0.25, -0.2) is 0 Å². The number of benzene rings is 1. The minimum Gasteiger partial charge on any atom is -0.488 e. The molecule has 0 saturated heterocycles. The lowest BCUT2D eigenvalue weighted by molar-refractivity contribution is -0.140. The van der Waals surface area contributed by atoms with Gasteiger partial charge in [0.25, 0.3) is 11.8 Å². The van der Waals surface area contributed by atoms with Crippen molar-refractivity contribution in [2.24, 2.45) is 0 Å². The van der Waals surface area contributed by atoms with Gasteiger partial charge in [0.2, 0.25) is 0 Å². The van der Waals surface area contributed by atoms with Crippen LogP contribution in [0.5, 0.6) is 5.75 Å². The van der Waals surface area contributed by atoms with Crippen LogP contribution in [-0.2, 0) is 14.3 Å². The average molecular weight is 357 g/mol. The zero-order valence-electron chi connectivity index (χ0n) is 16.3. The number of ether oxygens (including phenoxy) is 2. The third-order valence-corrected chi connectivity index (χ3v) is 4.28. The number of carbonyl (C=O) groups excluding carboxylic acids is 2. The van der Waals surface area contributed by atoms with Gasteiger partial charge in [0.1, 0.15) is 11.4 Å². The maximum absolute atomic E-state index is 12.2. The molecule has 0 radical (unpaired) electrons. The van der Waals surface area contributed by atoms with E-state index in [0.29, 0.717) is 6.42 Å². The van der Waals surface area contributed by atoms with Gasteiger partial charge in [0.05, 0.1) is 17.7 Å². The second-order valence-electron chi connectivity index (χ2n) is 8.86. The highest BCUT2D eigenvalue weighted by atomic mass is 16.5. The number of imide groups is 1. The van der Waals surface area contributed by atoms with E-state index in [2.05, 4.69) is 0 Å². The maximum Gasteiger partial charge on any atom is 0.254 e. The Kier molecular flexibility index (Phi) is 4.47. The summed E-state index contributed by atoms with van der Waals surface area (Å²) in [5.41, 5.74) is 1.28. The number of rotatable bonds is 3. The normalized spacial score (nSPS) is 22.9.